The highest BCUT2D eigenvalue weighted by Gasteiger charge is 2.51. The molecule has 1 amide bonds. The Morgan fingerprint density at radius 3 is 2.06 bits per heavy atom. The van der Waals surface area contributed by atoms with Gasteiger partial charge in [-0.2, -0.15) is 13.2 Å². The van der Waals surface area contributed by atoms with E-state index in [0.717, 1.165) is 50.7 Å². The SMILES string of the molecule is C[C@](O)(c1ccc(C(=O)N(C2CCC(c3ncccc3F)CC2)C2CC2)cc1)C(F)(F)F. The van der Waals surface area contributed by atoms with Crippen LogP contribution in [0.5, 0.6) is 0 Å². The molecular formula is C24H26F4N2O2. The molecule has 0 radical (unpaired) electrons. The summed E-state index contributed by atoms with van der Waals surface area (Å²) in [5.74, 6) is -0.494. The fourth-order valence-corrected chi connectivity index (χ4v) is 4.56. The minimum Gasteiger partial charge on any atom is -0.376 e. The van der Waals surface area contributed by atoms with Gasteiger partial charge in [0, 0.05) is 29.8 Å². The minimum absolute atomic E-state index is 0.0102. The van der Waals surface area contributed by atoms with Crippen LogP contribution in [0.4, 0.5) is 17.6 Å². The molecule has 4 rings (SSSR count). The number of benzene rings is 1. The number of hydrogen-bond donors (Lipinski definition) is 1. The number of aromatic nitrogens is 1. The molecule has 0 spiro atoms. The molecule has 32 heavy (non-hydrogen) atoms. The van der Waals surface area contributed by atoms with Crippen molar-refractivity contribution in [2.24, 2.45) is 0 Å². The Morgan fingerprint density at radius 2 is 1.56 bits per heavy atom. The van der Waals surface area contributed by atoms with Gasteiger partial charge in [0.15, 0.2) is 5.60 Å². The van der Waals surface area contributed by atoms with Crippen molar-refractivity contribution in [2.45, 2.75) is 75.2 Å². The molecule has 1 N–H and O–H groups in total. The van der Waals surface area contributed by atoms with Crippen LogP contribution in [0, 0.1) is 5.82 Å². The van der Waals surface area contributed by atoms with E-state index in [4.69, 9.17) is 0 Å². The molecule has 0 bridgehead atoms. The smallest absolute Gasteiger partial charge is 0.376 e. The normalized spacial score (nSPS) is 23.4. The Bertz CT molecular complexity index is 963. The van der Waals surface area contributed by atoms with E-state index in [9.17, 15) is 27.5 Å². The first kappa shape index (κ1) is 22.7. The van der Waals surface area contributed by atoms with Gasteiger partial charge in [-0.1, -0.05) is 12.1 Å². The van der Waals surface area contributed by atoms with E-state index in [1.165, 1.54) is 18.2 Å². The van der Waals surface area contributed by atoms with Crippen LogP contribution in [-0.4, -0.2) is 39.2 Å². The van der Waals surface area contributed by atoms with Crippen LogP contribution >= 0.6 is 0 Å². The second-order valence-corrected chi connectivity index (χ2v) is 8.97. The van der Waals surface area contributed by atoms with Gasteiger partial charge < -0.3 is 10.0 Å². The first-order valence-electron chi connectivity index (χ1n) is 10.9. The third-order valence-electron chi connectivity index (χ3n) is 6.68. The number of aliphatic hydroxyl groups is 1. The Kier molecular flexibility index (Phi) is 6.00. The molecule has 1 aromatic heterocycles. The lowest BCUT2D eigenvalue weighted by Gasteiger charge is -2.37. The number of halogens is 4. The fraction of sp³-hybridized carbons (Fsp3) is 0.500. The fourth-order valence-electron chi connectivity index (χ4n) is 4.56. The van der Waals surface area contributed by atoms with Crippen LogP contribution in [0.3, 0.4) is 0 Å². The Labute approximate surface area is 184 Å². The van der Waals surface area contributed by atoms with Crippen molar-refractivity contribution in [2.75, 3.05) is 0 Å². The number of rotatable bonds is 5. The van der Waals surface area contributed by atoms with E-state index < -0.39 is 11.8 Å². The average molecular weight is 450 g/mol. The van der Waals surface area contributed by atoms with Crippen molar-refractivity contribution in [1.82, 2.24) is 9.88 Å². The monoisotopic (exact) mass is 450 g/mol. The molecule has 1 heterocycles. The molecule has 1 aromatic carbocycles. The van der Waals surface area contributed by atoms with Crippen molar-refractivity contribution in [3.63, 3.8) is 0 Å². The maximum atomic E-state index is 14.1. The van der Waals surface area contributed by atoms with Crippen molar-refractivity contribution < 1.29 is 27.5 Å². The van der Waals surface area contributed by atoms with Gasteiger partial charge >= 0.3 is 6.18 Å². The summed E-state index contributed by atoms with van der Waals surface area (Å²) >= 11 is 0. The van der Waals surface area contributed by atoms with Crippen LogP contribution in [0.15, 0.2) is 42.6 Å². The largest absolute Gasteiger partial charge is 0.421 e. The lowest BCUT2D eigenvalue weighted by molar-refractivity contribution is -0.258. The quantitative estimate of drug-likeness (QED) is 0.628. The molecule has 0 saturated heterocycles. The average Bonchev–Trinajstić information content (AvgIpc) is 3.59. The molecule has 2 saturated carbocycles. The highest BCUT2D eigenvalue weighted by atomic mass is 19.4. The zero-order valence-electron chi connectivity index (χ0n) is 17.8. The predicted molar refractivity (Wildman–Crippen MR) is 110 cm³/mol. The zero-order valence-corrected chi connectivity index (χ0v) is 17.8. The molecular weight excluding hydrogens is 424 g/mol. The summed E-state index contributed by atoms with van der Waals surface area (Å²) in [7, 11) is 0. The number of pyridine rings is 1. The lowest BCUT2D eigenvalue weighted by Crippen LogP contribution is -2.44. The Morgan fingerprint density at radius 1 is 1.00 bits per heavy atom. The number of alkyl halides is 3. The Balaban J connectivity index is 1.47. The first-order chi connectivity index (χ1) is 15.1. The van der Waals surface area contributed by atoms with E-state index in [1.54, 1.807) is 12.3 Å². The number of carbonyl (C=O) groups excluding carboxylic acids is 1. The van der Waals surface area contributed by atoms with Crippen LogP contribution in [-0.2, 0) is 5.60 Å². The molecule has 2 fully saturated rings. The third-order valence-corrected chi connectivity index (χ3v) is 6.68. The highest BCUT2D eigenvalue weighted by molar-refractivity contribution is 5.95. The third kappa shape index (κ3) is 4.37. The number of carbonyl (C=O) groups is 1. The number of amides is 1. The number of hydrogen-bond acceptors (Lipinski definition) is 3. The summed E-state index contributed by atoms with van der Waals surface area (Å²) in [5, 5.41) is 9.85. The van der Waals surface area contributed by atoms with E-state index in [0.29, 0.717) is 18.2 Å². The van der Waals surface area contributed by atoms with Crippen molar-refractivity contribution in [3.8, 4) is 0 Å². The van der Waals surface area contributed by atoms with Crippen LogP contribution in [0.1, 0.15) is 73.0 Å². The molecule has 172 valence electrons. The van der Waals surface area contributed by atoms with Crippen molar-refractivity contribution in [1.29, 1.82) is 0 Å². The van der Waals surface area contributed by atoms with Gasteiger partial charge in [0.25, 0.3) is 5.91 Å². The molecule has 2 aliphatic rings. The van der Waals surface area contributed by atoms with E-state index in [1.807, 2.05) is 4.90 Å². The molecule has 4 nitrogen and oxygen atoms in total. The van der Waals surface area contributed by atoms with Gasteiger partial charge in [0.05, 0.1) is 5.69 Å². The van der Waals surface area contributed by atoms with Crippen molar-refractivity contribution >= 4 is 5.91 Å². The van der Waals surface area contributed by atoms with E-state index >= 15 is 0 Å². The van der Waals surface area contributed by atoms with Gasteiger partial charge in [-0.15, -0.1) is 0 Å². The summed E-state index contributed by atoms with van der Waals surface area (Å²) in [6, 6.07) is 8.14. The molecule has 8 heteroatoms. The second-order valence-electron chi connectivity index (χ2n) is 8.97. The Hall–Kier alpha value is -2.48. The zero-order chi connectivity index (χ0) is 23.1. The van der Waals surface area contributed by atoms with Gasteiger partial charge in [-0.05, 0) is 75.3 Å². The summed E-state index contributed by atoms with van der Waals surface area (Å²) in [6.45, 7) is 0.698. The summed E-state index contributed by atoms with van der Waals surface area (Å²) < 4.78 is 53.4. The van der Waals surface area contributed by atoms with Crippen LogP contribution in [0.2, 0.25) is 0 Å². The molecule has 0 unspecified atom stereocenters. The minimum atomic E-state index is -4.82. The number of nitrogens with zero attached hydrogens (tertiary/aromatic N) is 2. The first-order valence-corrected chi connectivity index (χ1v) is 10.9. The van der Waals surface area contributed by atoms with Crippen LogP contribution in [0.25, 0.3) is 0 Å². The lowest BCUT2D eigenvalue weighted by atomic mass is 9.82. The van der Waals surface area contributed by atoms with E-state index in [2.05, 4.69) is 4.98 Å². The van der Waals surface area contributed by atoms with Gasteiger partial charge in [0.1, 0.15) is 5.82 Å². The van der Waals surface area contributed by atoms with Gasteiger partial charge in [-0.25, -0.2) is 4.39 Å². The maximum Gasteiger partial charge on any atom is 0.421 e. The molecule has 0 aliphatic heterocycles. The van der Waals surface area contributed by atoms with Gasteiger partial charge in [0.2, 0.25) is 0 Å². The topological polar surface area (TPSA) is 53.4 Å². The van der Waals surface area contributed by atoms with E-state index in [-0.39, 0.29) is 35.3 Å². The molecule has 1 atom stereocenters. The highest BCUT2D eigenvalue weighted by Crippen LogP contribution is 2.41. The summed E-state index contributed by atoms with van der Waals surface area (Å²) in [4.78, 5) is 19.3. The van der Waals surface area contributed by atoms with Gasteiger partial charge in [-0.3, -0.25) is 9.78 Å². The van der Waals surface area contributed by atoms with Crippen LogP contribution < -0.4 is 0 Å². The molecule has 2 aliphatic carbocycles. The second kappa shape index (κ2) is 8.46. The van der Waals surface area contributed by atoms with Crippen molar-refractivity contribution in [3.05, 3.63) is 65.2 Å². The summed E-state index contributed by atoms with van der Waals surface area (Å²) in [5.41, 5.74) is -2.51. The molecule has 2 aromatic rings. The standard InChI is InChI=1S/C24H26F4N2O2/c1-23(32,24(26,27)28)17-8-4-16(5-9-17)22(31)30(19-12-13-19)18-10-6-15(7-11-18)21-20(25)3-2-14-29-21/h2-5,8-9,14-15,18-19,32H,6-7,10-13H2,1H3/t15?,18?,23-/m0/s1. The predicted octanol–water partition coefficient (Wildman–Crippen LogP) is 5.32. The summed E-state index contributed by atoms with van der Waals surface area (Å²) in [6.07, 6.45) is 1.48. The maximum absolute atomic E-state index is 14.1.